The van der Waals surface area contributed by atoms with Gasteiger partial charge in [-0.05, 0) is 25.0 Å². The van der Waals surface area contributed by atoms with Gasteiger partial charge in [0, 0.05) is 11.8 Å². The normalized spacial score (nSPS) is 16.4. The van der Waals surface area contributed by atoms with Crippen LogP contribution in [0.25, 0.3) is 0 Å². The first-order valence-electron chi connectivity index (χ1n) is 7.22. The van der Waals surface area contributed by atoms with Crippen LogP contribution in [0, 0.1) is 11.6 Å². The van der Waals surface area contributed by atoms with Crippen molar-refractivity contribution in [3.63, 3.8) is 0 Å². The fourth-order valence-corrected chi connectivity index (χ4v) is 2.47. The zero-order valence-corrected chi connectivity index (χ0v) is 12.8. The molecule has 124 valence electrons. The van der Waals surface area contributed by atoms with Crippen LogP contribution in [-0.2, 0) is 9.59 Å². The SMILES string of the molecule is CCC1(CC)NC(=O)N(CC(=O)Nc2ccc(F)c(F)c2)C1=O. The van der Waals surface area contributed by atoms with Gasteiger partial charge >= 0.3 is 6.03 Å². The zero-order valence-electron chi connectivity index (χ0n) is 12.8. The summed E-state index contributed by atoms with van der Waals surface area (Å²) >= 11 is 0. The van der Waals surface area contributed by atoms with Crippen molar-refractivity contribution < 1.29 is 23.2 Å². The maximum Gasteiger partial charge on any atom is 0.325 e. The summed E-state index contributed by atoms with van der Waals surface area (Å²) in [7, 11) is 0. The highest BCUT2D eigenvalue weighted by molar-refractivity contribution is 6.10. The average molecular weight is 325 g/mol. The maximum absolute atomic E-state index is 13.1. The molecule has 1 aromatic carbocycles. The number of nitrogens with one attached hydrogen (secondary N) is 2. The Hall–Kier alpha value is -2.51. The van der Waals surface area contributed by atoms with Gasteiger partial charge in [-0.3, -0.25) is 14.5 Å². The summed E-state index contributed by atoms with van der Waals surface area (Å²) in [4.78, 5) is 37.0. The molecule has 0 spiro atoms. The molecule has 1 heterocycles. The van der Waals surface area contributed by atoms with Gasteiger partial charge in [0.1, 0.15) is 12.1 Å². The zero-order chi connectivity index (χ0) is 17.2. The maximum atomic E-state index is 13.1. The van der Waals surface area contributed by atoms with Crippen LogP contribution in [0.5, 0.6) is 0 Å². The van der Waals surface area contributed by atoms with E-state index in [1.165, 1.54) is 6.07 Å². The van der Waals surface area contributed by atoms with E-state index in [0.29, 0.717) is 12.8 Å². The highest BCUT2D eigenvalue weighted by Gasteiger charge is 2.49. The Morgan fingerprint density at radius 1 is 1.22 bits per heavy atom. The number of carbonyl (C=O) groups is 3. The number of carbonyl (C=O) groups excluding carboxylic acids is 3. The number of hydrogen-bond donors (Lipinski definition) is 2. The molecule has 0 aliphatic carbocycles. The lowest BCUT2D eigenvalue weighted by Gasteiger charge is -2.23. The molecular weight excluding hydrogens is 308 g/mol. The Morgan fingerprint density at radius 3 is 2.39 bits per heavy atom. The van der Waals surface area contributed by atoms with Crippen LogP contribution in [0.4, 0.5) is 19.3 Å². The molecule has 2 N–H and O–H groups in total. The quantitative estimate of drug-likeness (QED) is 0.813. The predicted octanol–water partition coefficient (Wildman–Crippen LogP) is 2.01. The number of urea groups is 1. The second-order valence-electron chi connectivity index (χ2n) is 5.29. The molecule has 0 unspecified atom stereocenters. The number of halogens is 2. The third-order valence-electron chi connectivity index (χ3n) is 3.96. The first-order valence-corrected chi connectivity index (χ1v) is 7.22. The Balaban J connectivity index is 2.06. The summed E-state index contributed by atoms with van der Waals surface area (Å²) < 4.78 is 25.9. The second-order valence-corrected chi connectivity index (χ2v) is 5.29. The van der Waals surface area contributed by atoms with Crippen LogP contribution in [0.3, 0.4) is 0 Å². The molecule has 1 aliphatic rings. The van der Waals surface area contributed by atoms with E-state index in [0.717, 1.165) is 17.0 Å². The lowest BCUT2D eigenvalue weighted by molar-refractivity contribution is -0.134. The number of hydrogen-bond acceptors (Lipinski definition) is 3. The molecule has 1 fully saturated rings. The minimum atomic E-state index is -1.10. The molecule has 8 heteroatoms. The summed E-state index contributed by atoms with van der Waals surface area (Å²) in [5.41, 5.74) is -0.947. The third-order valence-corrected chi connectivity index (χ3v) is 3.96. The molecule has 4 amide bonds. The highest BCUT2D eigenvalue weighted by atomic mass is 19.2. The highest BCUT2D eigenvalue weighted by Crippen LogP contribution is 2.24. The van der Waals surface area contributed by atoms with Gasteiger partial charge in [-0.1, -0.05) is 13.8 Å². The summed E-state index contributed by atoms with van der Waals surface area (Å²) in [5.74, 6) is -3.28. The first kappa shape index (κ1) is 16.9. The minimum Gasteiger partial charge on any atom is -0.324 e. The van der Waals surface area contributed by atoms with Crippen LogP contribution in [0.1, 0.15) is 26.7 Å². The van der Waals surface area contributed by atoms with Crippen molar-refractivity contribution in [3.8, 4) is 0 Å². The fraction of sp³-hybridized carbons (Fsp3) is 0.400. The van der Waals surface area contributed by atoms with E-state index in [9.17, 15) is 23.2 Å². The molecule has 0 aromatic heterocycles. The predicted molar refractivity (Wildman–Crippen MR) is 78.5 cm³/mol. The molecule has 23 heavy (non-hydrogen) atoms. The summed E-state index contributed by atoms with van der Waals surface area (Å²) in [6.45, 7) is 3.05. The van der Waals surface area contributed by atoms with Crippen molar-refractivity contribution in [2.45, 2.75) is 32.2 Å². The molecular formula is C15H17F2N3O3. The smallest absolute Gasteiger partial charge is 0.324 e. The van der Waals surface area contributed by atoms with Crippen LogP contribution < -0.4 is 10.6 Å². The first-order chi connectivity index (χ1) is 10.8. The van der Waals surface area contributed by atoms with Gasteiger partial charge in [0.15, 0.2) is 11.6 Å². The summed E-state index contributed by atoms with van der Waals surface area (Å²) in [6.07, 6.45) is 0.824. The van der Waals surface area contributed by atoms with E-state index in [1.54, 1.807) is 13.8 Å². The summed E-state index contributed by atoms with van der Waals surface area (Å²) in [5, 5.41) is 4.92. The van der Waals surface area contributed by atoms with Crippen LogP contribution >= 0.6 is 0 Å². The van der Waals surface area contributed by atoms with Gasteiger partial charge in [-0.15, -0.1) is 0 Å². The Labute approximate surface area is 131 Å². The van der Waals surface area contributed by atoms with Crippen LogP contribution in [-0.4, -0.2) is 34.8 Å². The standard InChI is InChI=1S/C15H17F2N3O3/c1-3-15(4-2)13(22)20(14(23)19-15)8-12(21)18-9-5-6-10(16)11(17)7-9/h5-7H,3-4,8H2,1-2H3,(H,18,21)(H,19,23). The molecule has 1 saturated heterocycles. The van der Waals surface area contributed by atoms with Crippen molar-refractivity contribution >= 4 is 23.5 Å². The monoisotopic (exact) mass is 325 g/mol. The van der Waals surface area contributed by atoms with E-state index in [-0.39, 0.29) is 5.69 Å². The van der Waals surface area contributed by atoms with Crippen LogP contribution in [0.2, 0.25) is 0 Å². The Morgan fingerprint density at radius 2 is 1.87 bits per heavy atom. The van der Waals surface area contributed by atoms with Crippen molar-refractivity contribution in [2.24, 2.45) is 0 Å². The molecule has 0 radical (unpaired) electrons. The lowest BCUT2D eigenvalue weighted by atomic mass is 9.93. The number of benzene rings is 1. The van der Waals surface area contributed by atoms with Gasteiger partial charge in [-0.2, -0.15) is 0 Å². The molecule has 1 aliphatic heterocycles. The molecule has 0 bridgehead atoms. The molecule has 6 nitrogen and oxygen atoms in total. The molecule has 2 rings (SSSR count). The number of amides is 4. The second kappa shape index (κ2) is 6.31. The largest absolute Gasteiger partial charge is 0.325 e. The van der Waals surface area contributed by atoms with E-state index >= 15 is 0 Å². The Kier molecular flexibility index (Phi) is 4.63. The van der Waals surface area contributed by atoms with Crippen molar-refractivity contribution in [2.75, 3.05) is 11.9 Å². The lowest BCUT2D eigenvalue weighted by Crippen LogP contribution is -2.46. The molecule has 0 saturated carbocycles. The molecule has 1 aromatic rings. The average Bonchev–Trinajstić information content (AvgIpc) is 2.75. The van der Waals surface area contributed by atoms with E-state index < -0.39 is 41.6 Å². The van der Waals surface area contributed by atoms with Gasteiger partial charge < -0.3 is 10.6 Å². The van der Waals surface area contributed by atoms with E-state index in [4.69, 9.17) is 0 Å². The van der Waals surface area contributed by atoms with E-state index in [1.807, 2.05) is 0 Å². The number of rotatable bonds is 5. The fourth-order valence-electron chi connectivity index (χ4n) is 2.47. The van der Waals surface area contributed by atoms with E-state index in [2.05, 4.69) is 10.6 Å². The number of imide groups is 1. The summed E-state index contributed by atoms with van der Waals surface area (Å²) in [6, 6.07) is 2.24. The van der Waals surface area contributed by atoms with Crippen LogP contribution in [0.15, 0.2) is 18.2 Å². The van der Waals surface area contributed by atoms with Gasteiger partial charge in [-0.25, -0.2) is 13.6 Å². The number of anilines is 1. The minimum absolute atomic E-state index is 0.0400. The Bertz CT molecular complexity index is 659. The van der Waals surface area contributed by atoms with Gasteiger partial charge in [0.2, 0.25) is 5.91 Å². The third kappa shape index (κ3) is 3.15. The van der Waals surface area contributed by atoms with Crippen molar-refractivity contribution in [1.82, 2.24) is 10.2 Å². The van der Waals surface area contributed by atoms with Crippen molar-refractivity contribution in [3.05, 3.63) is 29.8 Å². The van der Waals surface area contributed by atoms with Gasteiger partial charge in [0.25, 0.3) is 5.91 Å². The topological polar surface area (TPSA) is 78.5 Å². The van der Waals surface area contributed by atoms with Gasteiger partial charge in [0.05, 0.1) is 0 Å². The molecule has 0 atom stereocenters. The van der Waals surface area contributed by atoms with Crippen molar-refractivity contribution in [1.29, 1.82) is 0 Å². The number of nitrogens with zero attached hydrogens (tertiary/aromatic N) is 1.